The lowest BCUT2D eigenvalue weighted by molar-refractivity contribution is -0.385. The van der Waals surface area contributed by atoms with Crippen molar-refractivity contribution in [2.45, 2.75) is 32.7 Å². The predicted octanol–water partition coefficient (Wildman–Crippen LogP) is 2.23. The Hall–Kier alpha value is -2.02. The van der Waals surface area contributed by atoms with E-state index in [1.807, 2.05) is 13.8 Å². The highest BCUT2D eigenvalue weighted by molar-refractivity contribution is 5.98. The molecule has 6 nitrogen and oxygen atoms in total. The molecule has 1 aromatic rings. The molecule has 1 unspecified atom stereocenters. The van der Waals surface area contributed by atoms with Crippen LogP contribution in [0.2, 0.25) is 0 Å². The van der Waals surface area contributed by atoms with Gasteiger partial charge in [0, 0.05) is 18.2 Å². The number of nitrogens with one attached hydrogen (secondary N) is 1. The van der Waals surface area contributed by atoms with E-state index in [-0.39, 0.29) is 18.0 Å². The van der Waals surface area contributed by atoms with Gasteiger partial charge >= 0.3 is 0 Å². The second kappa shape index (κ2) is 6.62. The van der Waals surface area contributed by atoms with Crippen molar-refractivity contribution in [1.29, 1.82) is 0 Å². The maximum Gasteiger partial charge on any atom is 0.282 e. The van der Waals surface area contributed by atoms with Crippen LogP contribution >= 0.6 is 0 Å². The molecule has 1 amide bonds. The number of halogens is 1. The van der Waals surface area contributed by atoms with Crippen LogP contribution in [0, 0.1) is 21.8 Å². The summed E-state index contributed by atoms with van der Waals surface area (Å²) in [4.78, 5) is 22.5. The van der Waals surface area contributed by atoms with Gasteiger partial charge in [-0.3, -0.25) is 14.9 Å². The molecular weight excluding hydrogens is 277 g/mol. The number of nitrogens with two attached hydrogens (primary N) is 1. The lowest BCUT2D eigenvalue weighted by Gasteiger charge is -2.31. The Bertz CT molecular complexity index is 548. The van der Waals surface area contributed by atoms with Crippen molar-refractivity contribution in [1.82, 2.24) is 5.32 Å². The Morgan fingerprint density at radius 3 is 2.62 bits per heavy atom. The van der Waals surface area contributed by atoms with E-state index < -0.39 is 27.9 Å². The lowest BCUT2D eigenvalue weighted by atomic mass is 9.90. The van der Waals surface area contributed by atoms with Crippen molar-refractivity contribution in [2.24, 2.45) is 11.7 Å². The van der Waals surface area contributed by atoms with Gasteiger partial charge in [0.15, 0.2) is 0 Å². The van der Waals surface area contributed by atoms with Crippen molar-refractivity contribution < 1.29 is 14.1 Å². The molecule has 116 valence electrons. The number of rotatable bonds is 6. The number of carbonyl (C=O) groups excluding carboxylic acids is 1. The average molecular weight is 297 g/mol. The zero-order chi connectivity index (χ0) is 16.2. The minimum atomic E-state index is -0.712. The smallest absolute Gasteiger partial charge is 0.282 e. The zero-order valence-corrected chi connectivity index (χ0v) is 12.4. The fourth-order valence-electron chi connectivity index (χ4n) is 2.28. The Kier molecular flexibility index (Phi) is 5.37. The highest BCUT2D eigenvalue weighted by Gasteiger charge is 2.29. The summed E-state index contributed by atoms with van der Waals surface area (Å²) in [5.41, 5.74) is 4.25. The van der Waals surface area contributed by atoms with Crippen LogP contribution < -0.4 is 11.1 Å². The van der Waals surface area contributed by atoms with E-state index in [2.05, 4.69) is 5.32 Å². The summed E-state index contributed by atoms with van der Waals surface area (Å²) in [6.07, 6.45) is 0.609. The summed E-state index contributed by atoms with van der Waals surface area (Å²) in [5, 5.41) is 13.6. The van der Waals surface area contributed by atoms with Crippen LogP contribution in [0.5, 0.6) is 0 Å². The molecule has 0 bridgehead atoms. The molecule has 0 spiro atoms. The average Bonchev–Trinajstić information content (AvgIpc) is 2.37. The number of hydrogen-bond donors (Lipinski definition) is 2. The SMILES string of the molecule is CC(C)CC(C)(CN)NC(=O)c1cc(F)ccc1[N+](=O)[O-]. The first-order valence-electron chi connectivity index (χ1n) is 6.65. The van der Waals surface area contributed by atoms with Crippen molar-refractivity contribution in [3.63, 3.8) is 0 Å². The third-order valence-electron chi connectivity index (χ3n) is 3.12. The van der Waals surface area contributed by atoms with Crippen molar-refractivity contribution in [2.75, 3.05) is 6.54 Å². The molecule has 0 saturated heterocycles. The summed E-state index contributed by atoms with van der Waals surface area (Å²) >= 11 is 0. The minimum absolute atomic E-state index is 0.181. The van der Waals surface area contributed by atoms with Crippen LogP contribution in [0.3, 0.4) is 0 Å². The van der Waals surface area contributed by atoms with E-state index in [0.717, 1.165) is 18.2 Å². The van der Waals surface area contributed by atoms with E-state index in [1.165, 1.54) is 0 Å². The van der Waals surface area contributed by atoms with Crippen LogP contribution in [0.25, 0.3) is 0 Å². The third-order valence-corrected chi connectivity index (χ3v) is 3.12. The summed E-state index contributed by atoms with van der Waals surface area (Å²) in [5.74, 6) is -1.12. The summed E-state index contributed by atoms with van der Waals surface area (Å²) in [6.45, 7) is 5.89. The van der Waals surface area contributed by atoms with Crippen molar-refractivity contribution in [3.8, 4) is 0 Å². The van der Waals surface area contributed by atoms with Gasteiger partial charge in [0.05, 0.1) is 4.92 Å². The normalized spacial score (nSPS) is 13.8. The maximum absolute atomic E-state index is 13.3. The van der Waals surface area contributed by atoms with E-state index in [9.17, 15) is 19.3 Å². The lowest BCUT2D eigenvalue weighted by Crippen LogP contribution is -2.52. The predicted molar refractivity (Wildman–Crippen MR) is 77.4 cm³/mol. The molecule has 21 heavy (non-hydrogen) atoms. The molecule has 3 N–H and O–H groups in total. The molecule has 0 aromatic heterocycles. The van der Waals surface area contributed by atoms with E-state index >= 15 is 0 Å². The number of nitro groups is 1. The number of nitro benzene ring substituents is 1. The first-order chi connectivity index (χ1) is 9.68. The van der Waals surface area contributed by atoms with Gasteiger partial charge in [-0.1, -0.05) is 13.8 Å². The molecule has 0 radical (unpaired) electrons. The molecular formula is C14H20FN3O3. The van der Waals surface area contributed by atoms with Gasteiger partial charge in [-0.05, 0) is 31.4 Å². The molecule has 7 heteroatoms. The first-order valence-corrected chi connectivity index (χ1v) is 6.65. The Morgan fingerprint density at radius 1 is 1.52 bits per heavy atom. The monoisotopic (exact) mass is 297 g/mol. The second-order valence-electron chi connectivity index (χ2n) is 5.74. The van der Waals surface area contributed by atoms with Crippen molar-refractivity contribution in [3.05, 3.63) is 39.7 Å². The molecule has 0 aliphatic carbocycles. The number of benzene rings is 1. The summed E-state index contributed by atoms with van der Waals surface area (Å²) in [7, 11) is 0. The summed E-state index contributed by atoms with van der Waals surface area (Å²) < 4.78 is 13.3. The second-order valence-corrected chi connectivity index (χ2v) is 5.74. The highest BCUT2D eigenvalue weighted by Crippen LogP contribution is 2.22. The number of hydrogen-bond acceptors (Lipinski definition) is 4. The molecule has 0 heterocycles. The molecule has 0 saturated carbocycles. The van der Waals surface area contributed by atoms with Crippen LogP contribution in [0.4, 0.5) is 10.1 Å². The molecule has 0 fully saturated rings. The van der Waals surface area contributed by atoms with Crippen LogP contribution in [0.1, 0.15) is 37.6 Å². The third kappa shape index (κ3) is 4.49. The number of carbonyl (C=O) groups is 1. The van der Waals surface area contributed by atoms with Gasteiger partial charge in [-0.2, -0.15) is 0 Å². The van der Waals surface area contributed by atoms with Gasteiger partial charge in [0.2, 0.25) is 0 Å². The van der Waals surface area contributed by atoms with Gasteiger partial charge in [0.25, 0.3) is 11.6 Å². The standard InChI is InChI=1S/C14H20FN3O3/c1-9(2)7-14(3,8-16)17-13(19)11-6-10(15)4-5-12(11)18(20)21/h4-6,9H,7-8,16H2,1-3H3,(H,17,19). The Morgan fingerprint density at radius 2 is 2.14 bits per heavy atom. The van der Waals surface area contributed by atoms with Crippen molar-refractivity contribution >= 4 is 11.6 Å². The van der Waals surface area contributed by atoms with Gasteiger partial charge in [0.1, 0.15) is 11.4 Å². The molecule has 1 rings (SSSR count). The van der Waals surface area contributed by atoms with E-state index in [4.69, 9.17) is 5.73 Å². The van der Waals surface area contributed by atoms with Crippen LogP contribution in [0.15, 0.2) is 18.2 Å². The maximum atomic E-state index is 13.3. The van der Waals surface area contributed by atoms with Crippen LogP contribution in [-0.4, -0.2) is 22.9 Å². The Balaban J connectivity index is 3.08. The summed E-state index contributed by atoms with van der Waals surface area (Å²) in [6, 6.07) is 2.79. The largest absolute Gasteiger partial charge is 0.345 e. The molecule has 1 atom stereocenters. The van der Waals surface area contributed by atoms with Gasteiger partial charge < -0.3 is 11.1 Å². The topological polar surface area (TPSA) is 98.3 Å². The number of nitrogens with zero attached hydrogens (tertiary/aromatic N) is 1. The minimum Gasteiger partial charge on any atom is -0.345 e. The Labute approximate surface area is 122 Å². The van der Waals surface area contributed by atoms with Crippen LogP contribution in [-0.2, 0) is 0 Å². The highest BCUT2D eigenvalue weighted by atomic mass is 19.1. The number of amides is 1. The zero-order valence-electron chi connectivity index (χ0n) is 12.4. The fraction of sp³-hybridized carbons (Fsp3) is 0.500. The molecule has 0 aliphatic heterocycles. The van der Waals surface area contributed by atoms with E-state index in [1.54, 1.807) is 6.92 Å². The van der Waals surface area contributed by atoms with E-state index in [0.29, 0.717) is 6.42 Å². The van der Waals surface area contributed by atoms with Gasteiger partial charge in [-0.25, -0.2) is 4.39 Å². The molecule has 0 aliphatic rings. The van der Waals surface area contributed by atoms with Gasteiger partial charge in [-0.15, -0.1) is 0 Å². The quantitative estimate of drug-likeness (QED) is 0.621. The molecule has 1 aromatic carbocycles. The first kappa shape index (κ1) is 17.0. The fourth-order valence-corrected chi connectivity index (χ4v) is 2.28.